The highest BCUT2D eigenvalue weighted by molar-refractivity contribution is 14.0. The van der Waals surface area contributed by atoms with Crippen molar-refractivity contribution in [1.82, 2.24) is 10.2 Å². The summed E-state index contributed by atoms with van der Waals surface area (Å²) in [6.07, 6.45) is 0.984. The highest BCUT2D eigenvalue weighted by Gasteiger charge is 2.07. The number of guanidine groups is 1. The molecule has 0 bridgehead atoms. The standard InChI is InChI=1S/C17H22FN3S.HI/c1-3-19-17(20-13-14-7-4-5-9-16(14)18)21(2)11-10-15-8-6-12-22-15;/h4-9,12H,3,10-11,13H2,1-2H3,(H,19,20);1H. The lowest BCUT2D eigenvalue weighted by Gasteiger charge is -2.21. The number of aliphatic imine (C=N–C) groups is 1. The van der Waals surface area contributed by atoms with Gasteiger partial charge in [-0.2, -0.15) is 0 Å². The average Bonchev–Trinajstić information content (AvgIpc) is 3.04. The Labute approximate surface area is 158 Å². The summed E-state index contributed by atoms with van der Waals surface area (Å²) in [5.74, 6) is 0.602. The molecule has 2 rings (SSSR count). The molecule has 23 heavy (non-hydrogen) atoms. The van der Waals surface area contributed by atoms with Crippen molar-refractivity contribution < 1.29 is 4.39 Å². The highest BCUT2D eigenvalue weighted by Crippen LogP contribution is 2.10. The Kier molecular flexibility index (Phi) is 9.16. The van der Waals surface area contributed by atoms with Gasteiger partial charge in [0.1, 0.15) is 5.82 Å². The largest absolute Gasteiger partial charge is 0.357 e. The third-order valence-electron chi connectivity index (χ3n) is 3.33. The van der Waals surface area contributed by atoms with Gasteiger partial charge in [-0.05, 0) is 30.9 Å². The minimum absolute atomic E-state index is 0. The maximum absolute atomic E-state index is 13.7. The van der Waals surface area contributed by atoms with Crippen LogP contribution in [0.25, 0.3) is 0 Å². The second-order valence-electron chi connectivity index (χ2n) is 5.01. The molecule has 0 saturated carbocycles. The molecule has 3 nitrogen and oxygen atoms in total. The first-order valence-corrected chi connectivity index (χ1v) is 8.34. The van der Waals surface area contributed by atoms with Crippen LogP contribution in [0.4, 0.5) is 4.39 Å². The number of likely N-dealkylation sites (N-methyl/N-ethyl adjacent to an activating group) is 1. The van der Waals surface area contributed by atoms with Crippen LogP contribution in [0.2, 0.25) is 0 Å². The summed E-state index contributed by atoms with van der Waals surface area (Å²) < 4.78 is 13.7. The third kappa shape index (κ3) is 6.47. The summed E-state index contributed by atoms with van der Waals surface area (Å²) in [5.41, 5.74) is 0.615. The monoisotopic (exact) mass is 447 g/mol. The SMILES string of the molecule is CCNC(=NCc1ccccc1F)N(C)CCc1cccs1.I. The average molecular weight is 447 g/mol. The van der Waals surface area contributed by atoms with Crippen molar-refractivity contribution in [2.75, 3.05) is 20.1 Å². The maximum Gasteiger partial charge on any atom is 0.193 e. The summed E-state index contributed by atoms with van der Waals surface area (Å²) in [5, 5.41) is 5.35. The molecule has 1 aromatic heterocycles. The van der Waals surface area contributed by atoms with Gasteiger partial charge in [0.15, 0.2) is 5.96 Å². The van der Waals surface area contributed by atoms with Crippen LogP contribution in [0.5, 0.6) is 0 Å². The first-order valence-electron chi connectivity index (χ1n) is 7.46. The van der Waals surface area contributed by atoms with Gasteiger partial charge in [0.2, 0.25) is 0 Å². The Morgan fingerprint density at radius 2 is 2.04 bits per heavy atom. The number of nitrogens with zero attached hydrogens (tertiary/aromatic N) is 2. The van der Waals surface area contributed by atoms with Gasteiger partial charge in [-0.1, -0.05) is 24.3 Å². The molecule has 0 fully saturated rings. The molecule has 2 aromatic rings. The third-order valence-corrected chi connectivity index (χ3v) is 4.26. The molecule has 0 aliphatic heterocycles. The molecule has 0 radical (unpaired) electrons. The van der Waals surface area contributed by atoms with Gasteiger partial charge in [-0.25, -0.2) is 9.38 Å². The Balaban J connectivity index is 0.00000264. The van der Waals surface area contributed by atoms with Gasteiger partial charge in [0.05, 0.1) is 6.54 Å². The van der Waals surface area contributed by atoms with E-state index in [1.165, 1.54) is 10.9 Å². The van der Waals surface area contributed by atoms with Gasteiger partial charge >= 0.3 is 0 Å². The van der Waals surface area contributed by atoms with Crippen LogP contribution < -0.4 is 5.32 Å². The molecular formula is C17H23FIN3S. The Hall–Kier alpha value is -1.15. The predicted molar refractivity (Wildman–Crippen MR) is 107 cm³/mol. The van der Waals surface area contributed by atoms with E-state index in [-0.39, 0.29) is 29.8 Å². The zero-order valence-corrected chi connectivity index (χ0v) is 16.6. The van der Waals surface area contributed by atoms with Crippen LogP contribution in [0.1, 0.15) is 17.4 Å². The van der Waals surface area contributed by atoms with Gasteiger partial charge in [-0.15, -0.1) is 35.3 Å². The lowest BCUT2D eigenvalue weighted by atomic mass is 10.2. The van der Waals surface area contributed by atoms with Gasteiger partial charge in [0, 0.05) is 30.6 Å². The second-order valence-corrected chi connectivity index (χ2v) is 6.04. The highest BCUT2D eigenvalue weighted by atomic mass is 127. The number of hydrogen-bond donors (Lipinski definition) is 1. The van der Waals surface area contributed by atoms with Crippen molar-refractivity contribution in [1.29, 1.82) is 0 Å². The zero-order chi connectivity index (χ0) is 15.8. The minimum Gasteiger partial charge on any atom is -0.357 e. The van der Waals surface area contributed by atoms with Crippen LogP contribution in [0.15, 0.2) is 46.8 Å². The van der Waals surface area contributed by atoms with Crippen LogP contribution in [0.3, 0.4) is 0 Å². The molecule has 1 heterocycles. The van der Waals surface area contributed by atoms with Crippen LogP contribution in [0, 0.1) is 5.82 Å². The number of rotatable bonds is 6. The topological polar surface area (TPSA) is 27.6 Å². The van der Waals surface area contributed by atoms with Crippen molar-refractivity contribution in [3.05, 3.63) is 58.0 Å². The summed E-state index contributed by atoms with van der Waals surface area (Å²) in [6.45, 7) is 4.05. The molecule has 0 unspecified atom stereocenters. The number of thiophene rings is 1. The molecule has 126 valence electrons. The molecule has 0 atom stereocenters. The summed E-state index contributed by atoms with van der Waals surface area (Å²) >= 11 is 1.77. The van der Waals surface area contributed by atoms with E-state index in [4.69, 9.17) is 0 Å². The van der Waals surface area contributed by atoms with Gasteiger partial charge < -0.3 is 10.2 Å². The summed E-state index contributed by atoms with van der Waals surface area (Å²) in [6, 6.07) is 11.0. The number of nitrogens with one attached hydrogen (secondary N) is 1. The quantitative estimate of drug-likeness (QED) is 0.410. The molecule has 0 saturated heterocycles. The number of halogens is 2. The maximum atomic E-state index is 13.7. The molecule has 0 amide bonds. The smallest absolute Gasteiger partial charge is 0.193 e. The lowest BCUT2D eigenvalue weighted by molar-refractivity contribution is 0.486. The fourth-order valence-corrected chi connectivity index (χ4v) is 2.79. The van der Waals surface area contributed by atoms with Crippen molar-refractivity contribution in [2.45, 2.75) is 19.9 Å². The van der Waals surface area contributed by atoms with E-state index in [0.29, 0.717) is 12.1 Å². The lowest BCUT2D eigenvalue weighted by Crippen LogP contribution is -2.39. The van der Waals surface area contributed by atoms with Gasteiger partial charge in [0.25, 0.3) is 0 Å². The molecule has 1 aromatic carbocycles. The molecule has 0 aliphatic rings. The van der Waals surface area contributed by atoms with E-state index in [9.17, 15) is 4.39 Å². The Morgan fingerprint density at radius 1 is 1.26 bits per heavy atom. The zero-order valence-electron chi connectivity index (χ0n) is 13.5. The number of benzene rings is 1. The number of hydrogen-bond acceptors (Lipinski definition) is 2. The first-order chi connectivity index (χ1) is 10.7. The molecular weight excluding hydrogens is 424 g/mol. The van der Waals surface area contributed by atoms with E-state index < -0.39 is 0 Å². The van der Waals surface area contributed by atoms with E-state index in [1.807, 2.05) is 20.0 Å². The normalized spacial score (nSPS) is 11.0. The molecule has 6 heteroatoms. The van der Waals surface area contributed by atoms with Crippen LogP contribution in [-0.2, 0) is 13.0 Å². The fourth-order valence-electron chi connectivity index (χ4n) is 2.09. The van der Waals surface area contributed by atoms with E-state index in [2.05, 4.69) is 32.7 Å². The second kappa shape index (κ2) is 10.6. The Bertz CT molecular complexity index is 602. The van der Waals surface area contributed by atoms with Crippen molar-refractivity contribution in [3.63, 3.8) is 0 Å². The fraction of sp³-hybridized carbons (Fsp3) is 0.353. The van der Waals surface area contributed by atoms with Gasteiger partial charge in [-0.3, -0.25) is 0 Å². The summed E-state index contributed by atoms with van der Waals surface area (Å²) in [7, 11) is 2.01. The Morgan fingerprint density at radius 3 is 2.70 bits per heavy atom. The minimum atomic E-state index is -0.205. The molecule has 1 N–H and O–H groups in total. The first kappa shape index (κ1) is 19.9. The summed E-state index contributed by atoms with van der Waals surface area (Å²) in [4.78, 5) is 7.98. The van der Waals surface area contributed by atoms with Crippen LogP contribution in [-0.4, -0.2) is 31.0 Å². The van der Waals surface area contributed by atoms with Crippen molar-refractivity contribution in [2.24, 2.45) is 4.99 Å². The van der Waals surface area contributed by atoms with Crippen LogP contribution >= 0.6 is 35.3 Å². The van der Waals surface area contributed by atoms with E-state index >= 15 is 0 Å². The van der Waals surface area contributed by atoms with E-state index in [1.54, 1.807) is 23.5 Å². The van der Waals surface area contributed by atoms with Crippen molar-refractivity contribution >= 4 is 41.3 Å². The van der Waals surface area contributed by atoms with E-state index in [0.717, 1.165) is 25.5 Å². The van der Waals surface area contributed by atoms with Crippen molar-refractivity contribution in [3.8, 4) is 0 Å². The predicted octanol–water partition coefficient (Wildman–Crippen LogP) is 4.15. The molecule has 0 spiro atoms. The molecule has 0 aliphatic carbocycles.